The van der Waals surface area contributed by atoms with Crippen LogP contribution in [-0.2, 0) is 42.6 Å². The Labute approximate surface area is 411 Å². The van der Waals surface area contributed by atoms with Gasteiger partial charge in [-0.2, -0.15) is 0 Å². The summed E-state index contributed by atoms with van der Waals surface area (Å²) in [5.74, 6) is -1.24. The molecule has 18 nitrogen and oxygen atoms in total. The average Bonchev–Trinajstić information content (AvgIpc) is 3.94. The predicted molar refractivity (Wildman–Crippen MR) is 267 cm³/mol. The van der Waals surface area contributed by atoms with Crippen molar-refractivity contribution in [3.05, 3.63) is 111 Å². The zero-order valence-corrected chi connectivity index (χ0v) is 40.8. The summed E-state index contributed by atoms with van der Waals surface area (Å²) in [6.07, 6.45) is 9.14. The number of piperazine rings is 1. The van der Waals surface area contributed by atoms with Gasteiger partial charge in [-0.15, -0.1) is 0 Å². The topological polar surface area (TPSA) is 199 Å². The lowest BCUT2D eigenvalue weighted by molar-refractivity contribution is -0.136. The maximum Gasteiger partial charge on any atom is 0.276 e. The Morgan fingerprint density at radius 1 is 0.803 bits per heavy atom. The van der Waals surface area contributed by atoms with Gasteiger partial charge in [-0.3, -0.25) is 48.8 Å². The maximum absolute atomic E-state index is 14.0. The van der Waals surface area contributed by atoms with E-state index in [1.54, 1.807) is 48.6 Å². The van der Waals surface area contributed by atoms with Gasteiger partial charge in [0.2, 0.25) is 11.8 Å². The first-order chi connectivity index (χ1) is 34.1. The van der Waals surface area contributed by atoms with E-state index in [0.29, 0.717) is 58.8 Å². The Bertz CT molecular complexity index is 3110. The molecule has 9 heterocycles. The summed E-state index contributed by atoms with van der Waals surface area (Å²) < 4.78 is 3.66. The van der Waals surface area contributed by atoms with Crippen LogP contribution in [0.25, 0.3) is 11.1 Å². The maximum atomic E-state index is 14.0. The van der Waals surface area contributed by atoms with Crippen LogP contribution in [-0.4, -0.2) is 120 Å². The molecule has 5 aromatic rings. The number of hydrogen-bond acceptors (Lipinski definition) is 13. The number of fused-ring (bicyclic) bond motifs is 4. The number of aliphatic hydroxyl groups excluding tert-OH is 1. The van der Waals surface area contributed by atoms with Crippen LogP contribution in [0.1, 0.15) is 101 Å². The highest BCUT2D eigenvalue weighted by Gasteiger charge is 2.45. The van der Waals surface area contributed by atoms with E-state index in [0.717, 1.165) is 68.1 Å². The largest absolute Gasteiger partial charge is 0.392 e. The van der Waals surface area contributed by atoms with E-state index in [1.807, 2.05) is 30.5 Å². The summed E-state index contributed by atoms with van der Waals surface area (Å²) in [6, 6.07) is 14.6. The number of nitrogens with zero attached hydrogens (tertiary/aromatic N) is 9. The number of pyridine rings is 3. The van der Waals surface area contributed by atoms with Crippen LogP contribution < -0.4 is 30.9 Å². The molecular formula is C53H59N11O7. The Balaban J connectivity index is 0.726. The average molecular weight is 962 g/mol. The Hall–Kier alpha value is -7.18. The van der Waals surface area contributed by atoms with E-state index in [-0.39, 0.29) is 59.5 Å². The second kappa shape index (κ2) is 17.6. The summed E-state index contributed by atoms with van der Waals surface area (Å²) in [7, 11) is 1.69. The molecule has 0 bridgehead atoms. The zero-order chi connectivity index (χ0) is 49.6. The van der Waals surface area contributed by atoms with E-state index in [1.165, 1.54) is 15.8 Å². The molecule has 3 fully saturated rings. The van der Waals surface area contributed by atoms with Crippen molar-refractivity contribution in [1.82, 2.24) is 34.2 Å². The number of imide groups is 2. The fourth-order valence-electron chi connectivity index (χ4n) is 12.2. The number of aryl methyl sites for hydroxylation is 1. The lowest BCUT2D eigenvalue weighted by Crippen LogP contribution is -2.58. The molecule has 0 spiro atoms. The number of hydrogen-bond donors (Lipinski definition) is 3. The summed E-state index contributed by atoms with van der Waals surface area (Å²) in [4.78, 5) is 98.0. The molecule has 71 heavy (non-hydrogen) atoms. The van der Waals surface area contributed by atoms with E-state index in [4.69, 9.17) is 4.98 Å². The summed E-state index contributed by atoms with van der Waals surface area (Å²) in [5, 5.41) is 16.3. The molecule has 5 amide bonds. The Morgan fingerprint density at radius 3 is 2.34 bits per heavy atom. The van der Waals surface area contributed by atoms with Crippen molar-refractivity contribution in [2.45, 2.75) is 104 Å². The number of carbonyl (C=O) groups excluding carboxylic acids is 5. The Morgan fingerprint density at radius 2 is 1.59 bits per heavy atom. The molecule has 0 radical (unpaired) electrons. The molecule has 3 saturated heterocycles. The smallest absolute Gasteiger partial charge is 0.276 e. The summed E-state index contributed by atoms with van der Waals surface area (Å²) in [6.45, 7) is 13.0. The standard InChI is InChI=1S/C53H59N11O7/c1-30-20-34(13-15-60(30)35-6-8-38-39(23-35)50(69)64(49(38)68)42-9-11-46(66)57-48(42)67)59-16-17-61(31(2)27-59)36-7-10-45(55-26-36)56-41-21-33(28-58(5)51(41)70)37-12-14-54-47(40(37)29-65)63-19-18-62-43(52(63)71)22-32-24-53(3,4)25-44(32)62/h6-8,10,12,14,21-23,26,28,30-31,34,42,65H,9,11,13,15-20,24-25,27,29H2,1-5H3,(H,55,56)(H,57,66,67)/t30-,31+,34-,42?/m1/s1. The van der Waals surface area contributed by atoms with Crippen molar-refractivity contribution in [2.24, 2.45) is 12.5 Å². The number of aliphatic hydroxyl groups is 1. The van der Waals surface area contributed by atoms with Gasteiger partial charge in [-0.1, -0.05) is 13.8 Å². The van der Waals surface area contributed by atoms with Crippen LogP contribution >= 0.6 is 0 Å². The van der Waals surface area contributed by atoms with Crippen molar-refractivity contribution in [3.63, 3.8) is 0 Å². The minimum absolute atomic E-state index is 0.0757. The minimum atomic E-state index is -0.998. The molecule has 368 valence electrons. The molecule has 4 atom stereocenters. The van der Waals surface area contributed by atoms with Crippen molar-refractivity contribution in [1.29, 1.82) is 0 Å². The van der Waals surface area contributed by atoms with Crippen molar-refractivity contribution in [2.75, 3.05) is 52.7 Å². The van der Waals surface area contributed by atoms with Crippen LogP contribution in [0.3, 0.4) is 0 Å². The quantitative estimate of drug-likeness (QED) is 0.173. The van der Waals surface area contributed by atoms with Crippen LogP contribution in [0.2, 0.25) is 0 Å². The third-order valence-corrected chi connectivity index (χ3v) is 15.7. The van der Waals surface area contributed by atoms with Crippen LogP contribution in [0, 0.1) is 5.41 Å². The highest BCUT2D eigenvalue weighted by molar-refractivity contribution is 6.23. The van der Waals surface area contributed by atoms with Crippen LogP contribution in [0.4, 0.5) is 28.7 Å². The van der Waals surface area contributed by atoms with E-state index in [9.17, 15) is 33.9 Å². The van der Waals surface area contributed by atoms with Crippen molar-refractivity contribution in [3.8, 4) is 11.1 Å². The van der Waals surface area contributed by atoms with Gasteiger partial charge in [0.1, 0.15) is 29.1 Å². The monoisotopic (exact) mass is 961 g/mol. The predicted octanol–water partition coefficient (Wildman–Crippen LogP) is 4.63. The molecule has 3 N–H and O–H groups in total. The van der Waals surface area contributed by atoms with Gasteiger partial charge in [-0.25, -0.2) is 9.97 Å². The summed E-state index contributed by atoms with van der Waals surface area (Å²) in [5.41, 5.74) is 7.64. The first kappa shape index (κ1) is 46.2. The van der Waals surface area contributed by atoms with Gasteiger partial charge >= 0.3 is 0 Å². The number of amides is 5. The highest BCUT2D eigenvalue weighted by Crippen LogP contribution is 2.41. The molecule has 0 saturated carbocycles. The van der Waals surface area contributed by atoms with E-state index >= 15 is 0 Å². The third kappa shape index (κ3) is 8.06. The number of carbonyl (C=O) groups is 5. The number of nitrogens with one attached hydrogen (secondary N) is 2. The third-order valence-electron chi connectivity index (χ3n) is 15.7. The second-order valence-corrected chi connectivity index (χ2v) is 21.0. The second-order valence-electron chi connectivity index (χ2n) is 21.0. The van der Waals surface area contributed by atoms with E-state index < -0.39 is 29.7 Å². The van der Waals surface area contributed by atoms with Crippen LogP contribution in [0.15, 0.2) is 71.9 Å². The van der Waals surface area contributed by atoms with Gasteiger partial charge in [0.15, 0.2) is 0 Å². The molecule has 1 aliphatic carbocycles. The molecular weight excluding hydrogens is 903 g/mol. The Kier molecular flexibility index (Phi) is 11.5. The molecule has 11 rings (SSSR count). The van der Waals surface area contributed by atoms with Crippen LogP contribution in [0.5, 0.6) is 0 Å². The number of anilines is 5. The lowest BCUT2D eigenvalue weighted by atomic mass is 9.90. The number of rotatable bonds is 9. The highest BCUT2D eigenvalue weighted by atomic mass is 16.3. The van der Waals surface area contributed by atoms with Gasteiger partial charge in [0, 0.05) is 106 Å². The molecule has 5 aliphatic heterocycles. The SMILES string of the molecule is C[C@@H]1C[C@H](N2CCN(c3ccc(Nc4cc(-c5ccnc(N6CCn7c(cc8c7CC(C)(C)C8)C6=O)c5CO)cn(C)c4=O)nc3)[C@@H](C)C2)CCN1c1ccc2c(c1)C(=O)N(C1CCC(=O)NC1=O)C2=O. The fourth-order valence-corrected chi connectivity index (χ4v) is 12.2. The van der Waals surface area contributed by atoms with Gasteiger partial charge < -0.3 is 29.4 Å². The van der Waals surface area contributed by atoms with Gasteiger partial charge in [0.25, 0.3) is 23.3 Å². The summed E-state index contributed by atoms with van der Waals surface area (Å²) >= 11 is 0. The van der Waals surface area contributed by atoms with E-state index in [2.05, 4.69) is 62.6 Å². The number of aromatic nitrogens is 4. The normalized spacial score (nSPS) is 23.3. The van der Waals surface area contributed by atoms with Crippen molar-refractivity contribution >= 4 is 58.2 Å². The zero-order valence-electron chi connectivity index (χ0n) is 40.8. The molecule has 1 aromatic carbocycles. The lowest BCUT2D eigenvalue weighted by Gasteiger charge is -2.48. The first-order valence-electron chi connectivity index (χ1n) is 24.8. The molecule has 1 unspecified atom stereocenters. The number of piperidine rings is 2. The van der Waals surface area contributed by atoms with Gasteiger partial charge in [0.05, 0.1) is 29.6 Å². The first-order valence-corrected chi connectivity index (χ1v) is 24.8. The minimum Gasteiger partial charge on any atom is -0.392 e. The van der Waals surface area contributed by atoms with Crippen molar-refractivity contribution < 1.29 is 29.1 Å². The fraction of sp³-hybridized carbons (Fsp3) is 0.434. The van der Waals surface area contributed by atoms with Gasteiger partial charge in [-0.05, 0) is 111 Å². The molecule has 4 aromatic heterocycles. The molecule has 18 heteroatoms. The molecule has 6 aliphatic rings. The number of benzene rings is 1.